The van der Waals surface area contributed by atoms with Gasteiger partial charge in [-0.25, -0.2) is 0 Å². The Bertz CT molecular complexity index is 370. The minimum absolute atomic E-state index is 0.0237. The van der Waals surface area contributed by atoms with Gasteiger partial charge in [0.15, 0.2) is 0 Å². The van der Waals surface area contributed by atoms with E-state index in [0.717, 1.165) is 12.8 Å². The number of rotatable bonds is 27. The summed E-state index contributed by atoms with van der Waals surface area (Å²) in [5.74, 6) is 0.0237. The Hall–Kier alpha value is -0.570. The Labute approximate surface area is 221 Å². The Morgan fingerprint density at radius 2 is 0.714 bits per heavy atom. The lowest BCUT2D eigenvalue weighted by Crippen LogP contribution is -2.05. The van der Waals surface area contributed by atoms with Crippen molar-refractivity contribution in [2.24, 2.45) is 0 Å². The minimum atomic E-state index is 0.0237. The van der Waals surface area contributed by atoms with Crippen molar-refractivity contribution in [1.29, 1.82) is 0 Å². The van der Waals surface area contributed by atoms with Crippen molar-refractivity contribution in [2.45, 2.75) is 188 Å². The fraction of sp³-hybridized carbons (Fsp3) is 0.969. The van der Waals surface area contributed by atoms with E-state index in [1.807, 2.05) is 0 Å². The Balaban J connectivity index is 0. The summed E-state index contributed by atoms with van der Waals surface area (Å²) in [6, 6.07) is 0. The van der Waals surface area contributed by atoms with Crippen LogP contribution in [0.4, 0.5) is 0 Å². The van der Waals surface area contributed by atoms with Gasteiger partial charge in [-0.1, -0.05) is 162 Å². The van der Waals surface area contributed by atoms with Gasteiger partial charge in [-0.2, -0.15) is 0 Å². The number of hydrogen-bond donors (Lipinski definition) is 1. The molecule has 0 spiro atoms. The number of unbranched alkanes of at least 4 members (excludes halogenated alkanes) is 23. The van der Waals surface area contributed by atoms with Crippen molar-refractivity contribution in [2.75, 3.05) is 13.2 Å². The molecule has 0 radical (unpaired) electrons. The molecule has 0 heterocycles. The van der Waals surface area contributed by atoms with E-state index in [1.165, 1.54) is 148 Å². The van der Waals surface area contributed by atoms with Crippen LogP contribution in [0.3, 0.4) is 0 Å². The predicted octanol–water partition coefficient (Wildman–Crippen LogP) is 10.7. The number of aliphatic hydroxyl groups is 1. The molecule has 0 saturated carbocycles. The van der Waals surface area contributed by atoms with Gasteiger partial charge in [0.2, 0.25) is 0 Å². The first-order valence-corrected chi connectivity index (χ1v) is 16.0. The summed E-state index contributed by atoms with van der Waals surface area (Å²) in [4.78, 5) is 11.8. The molecular weight excluding hydrogens is 432 g/mol. The molecule has 212 valence electrons. The number of carbonyl (C=O) groups is 1. The molecule has 3 heteroatoms. The molecule has 0 atom stereocenters. The summed E-state index contributed by atoms with van der Waals surface area (Å²) in [6.07, 6.45) is 34.2. The van der Waals surface area contributed by atoms with Crippen LogP contribution >= 0.6 is 0 Å². The molecule has 0 saturated heterocycles. The lowest BCUT2D eigenvalue weighted by Gasteiger charge is -2.06. The largest absolute Gasteiger partial charge is 0.466 e. The van der Waals surface area contributed by atoms with E-state index in [-0.39, 0.29) is 12.6 Å². The molecule has 0 aromatic heterocycles. The van der Waals surface area contributed by atoms with Gasteiger partial charge in [0.25, 0.3) is 0 Å². The van der Waals surface area contributed by atoms with Crippen molar-refractivity contribution >= 4 is 5.97 Å². The third-order valence-electron chi connectivity index (χ3n) is 6.75. The molecule has 0 fully saturated rings. The Kier molecular flexibility index (Phi) is 37.2. The van der Waals surface area contributed by atoms with Crippen LogP contribution in [0.5, 0.6) is 0 Å². The van der Waals surface area contributed by atoms with Crippen molar-refractivity contribution in [3.05, 3.63) is 0 Å². The average molecular weight is 499 g/mol. The number of carbonyl (C=O) groups excluding carboxylic acids is 1. The second-order valence-corrected chi connectivity index (χ2v) is 10.4. The van der Waals surface area contributed by atoms with Crippen LogP contribution in [0.1, 0.15) is 188 Å². The summed E-state index contributed by atoms with van der Waals surface area (Å²) < 4.78 is 5.39. The second kappa shape index (κ2) is 35.6. The average Bonchev–Trinajstić information content (AvgIpc) is 2.85. The topological polar surface area (TPSA) is 46.5 Å². The lowest BCUT2D eigenvalue weighted by molar-refractivity contribution is -0.143. The molecule has 1 N–H and O–H groups in total. The zero-order chi connectivity index (χ0) is 26.1. The molecule has 0 unspecified atom stereocenters. The van der Waals surface area contributed by atoms with E-state index < -0.39 is 0 Å². The Morgan fingerprint density at radius 1 is 0.457 bits per heavy atom. The first-order valence-electron chi connectivity index (χ1n) is 16.0. The third kappa shape index (κ3) is 38.1. The molecular formula is C32H66O3. The number of hydrogen-bond acceptors (Lipinski definition) is 3. The SMILES string of the molecule is CCCCCCCCCCCCCCCCCC(=O)OCCCCCCCCCCCC.CCO. The fourth-order valence-electron chi connectivity index (χ4n) is 4.49. The summed E-state index contributed by atoms with van der Waals surface area (Å²) in [5, 5.41) is 7.57. The molecule has 0 aliphatic rings. The van der Waals surface area contributed by atoms with Crippen LogP contribution in [0, 0.1) is 0 Å². The summed E-state index contributed by atoms with van der Waals surface area (Å²) in [5.41, 5.74) is 0. The van der Waals surface area contributed by atoms with E-state index in [4.69, 9.17) is 9.84 Å². The van der Waals surface area contributed by atoms with Crippen LogP contribution in [0.15, 0.2) is 0 Å². The summed E-state index contributed by atoms with van der Waals surface area (Å²) >= 11 is 0. The number of aliphatic hydroxyl groups excluding tert-OH is 1. The normalized spacial score (nSPS) is 10.7. The van der Waals surface area contributed by atoms with Crippen LogP contribution in [0.25, 0.3) is 0 Å². The maximum absolute atomic E-state index is 11.8. The van der Waals surface area contributed by atoms with Gasteiger partial charge in [-0.3, -0.25) is 4.79 Å². The highest BCUT2D eigenvalue weighted by molar-refractivity contribution is 5.69. The van der Waals surface area contributed by atoms with E-state index in [9.17, 15) is 4.79 Å². The molecule has 0 rings (SSSR count). The van der Waals surface area contributed by atoms with Crippen LogP contribution in [-0.2, 0) is 9.53 Å². The zero-order valence-electron chi connectivity index (χ0n) is 24.6. The molecule has 0 aromatic rings. The third-order valence-corrected chi connectivity index (χ3v) is 6.75. The van der Waals surface area contributed by atoms with Gasteiger partial charge >= 0.3 is 5.97 Å². The van der Waals surface area contributed by atoms with Crippen molar-refractivity contribution < 1.29 is 14.6 Å². The van der Waals surface area contributed by atoms with Crippen LogP contribution in [-0.4, -0.2) is 24.3 Å². The van der Waals surface area contributed by atoms with Gasteiger partial charge < -0.3 is 9.84 Å². The molecule has 0 amide bonds. The van der Waals surface area contributed by atoms with E-state index >= 15 is 0 Å². The first-order chi connectivity index (χ1) is 17.2. The van der Waals surface area contributed by atoms with Gasteiger partial charge in [-0.05, 0) is 19.8 Å². The first kappa shape index (κ1) is 36.6. The van der Waals surface area contributed by atoms with E-state index in [1.54, 1.807) is 6.92 Å². The maximum Gasteiger partial charge on any atom is 0.305 e. The smallest absolute Gasteiger partial charge is 0.305 e. The number of ether oxygens (including phenoxy) is 1. The standard InChI is InChI=1S/C30H60O2.C2H6O/c1-3-5-7-9-11-13-15-16-17-18-19-20-22-24-26-28-30(31)32-29-27-25-23-21-14-12-10-8-6-4-2;1-2-3/h3-29H2,1-2H3;3H,2H2,1H3. The van der Waals surface area contributed by atoms with Crippen LogP contribution < -0.4 is 0 Å². The fourth-order valence-corrected chi connectivity index (χ4v) is 4.49. The minimum Gasteiger partial charge on any atom is -0.466 e. The second-order valence-electron chi connectivity index (χ2n) is 10.4. The quantitative estimate of drug-likeness (QED) is 0.0904. The molecule has 35 heavy (non-hydrogen) atoms. The molecule has 0 aliphatic carbocycles. The number of esters is 1. The predicted molar refractivity (Wildman–Crippen MR) is 155 cm³/mol. The highest BCUT2D eigenvalue weighted by Crippen LogP contribution is 2.14. The molecule has 3 nitrogen and oxygen atoms in total. The Morgan fingerprint density at radius 3 is 1.03 bits per heavy atom. The van der Waals surface area contributed by atoms with E-state index in [2.05, 4.69) is 13.8 Å². The summed E-state index contributed by atoms with van der Waals surface area (Å²) in [7, 11) is 0. The van der Waals surface area contributed by atoms with Crippen molar-refractivity contribution in [3.63, 3.8) is 0 Å². The summed E-state index contributed by atoms with van der Waals surface area (Å²) in [6.45, 7) is 7.12. The van der Waals surface area contributed by atoms with Gasteiger partial charge in [0.1, 0.15) is 0 Å². The molecule has 0 aromatic carbocycles. The van der Waals surface area contributed by atoms with E-state index in [0.29, 0.717) is 13.0 Å². The van der Waals surface area contributed by atoms with Gasteiger partial charge in [0.05, 0.1) is 6.61 Å². The zero-order valence-corrected chi connectivity index (χ0v) is 24.6. The molecule has 0 aliphatic heterocycles. The van der Waals surface area contributed by atoms with Crippen molar-refractivity contribution in [3.8, 4) is 0 Å². The monoisotopic (exact) mass is 499 g/mol. The van der Waals surface area contributed by atoms with Crippen molar-refractivity contribution in [1.82, 2.24) is 0 Å². The van der Waals surface area contributed by atoms with Crippen LogP contribution in [0.2, 0.25) is 0 Å². The lowest BCUT2D eigenvalue weighted by atomic mass is 10.0. The highest BCUT2D eigenvalue weighted by atomic mass is 16.5. The maximum atomic E-state index is 11.8. The highest BCUT2D eigenvalue weighted by Gasteiger charge is 2.02. The molecule has 0 bridgehead atoms. The van der Waals surface area contributed by atoms with Gasteiger partial charge in [-0.15, -0.1) is 0 Å². The van der Waals surface area contributed by atoms with Gasteiger partial charge in [0, 0.05) is 13.0 Å².